The predicted octanol–water partition coefficient (Wildman–Crippen LogP) is 4.06. The van der Waals surface area contributed by atoms with Crippen LogP contribution in [0.3, 0.4) is 0 Å². The molecule has 2 aromatic heterocycles. The number of ether oxygens (including phenoxy) is 1. The summed E-state index contributed by atoms with van der Waals surface area (Å²) in [6.45, 7) is 5.01. The molecule has 3 aromatic rings. The number of hydrogen-bond donors (Lipinski definition) is 0. The van der Waals surface area contributed by atoms with Gasteiger partial charge in [0.1, 0.15) is 4.83 Å². The molecule has 1 aliphatic heterocycles. The quantitative estimate of drug-likeness (QED) is 0.633. The minimum Gasteiger partial charge on any atom is -0.378 e. The van der Waals surface area contributed by atoms with Gasteiger partial charge in [0.25, 0.3) is 5.56 Å². The Labute approximate surface area is 172 Å². The summed E-state index contributed by atoms with van der Waals surface area (Å²) in [5, 5.41) is 1.46. The van der Waals surface area contributed by atoms with Crippen molar-refractivity contribution in [3.05, 3.63) is 50.1 Å². The summed E-state index contributed by atoms with van der Waals surface area (Å²) in [5.74, 6) is 1.31. The normalized spacial score (nSPS) is 19.8. The van der Waals surface area contributed by atoms with Gasteiger partial charge in [0.15, 0.2) is 0 Å². The van der Waals surface area contributed by atoms with Gasteiger partial charge in [-0.1, -0.05) is 18.5 Å². The Bertz CT molecular complexity index is 1080. The molecule has 3 heterocycles. The lowest BCUT2D eigenvalue weighted by molar-refractivity contribution is 0.122. The molecule has 0 N–H and O–H groups in total. The summed E-state index contributed by atoms with van der Waals surface area (Å²) in [4.78, 5) is 23.1. The maximum atomic E-state index is 13.8. The van der Waals surface area contributed by atoms with Crippen LogP contribution in [0, 0.1) is 5.92 Å². The Morgan fingerprint density at radius 3 is 2.71 bits per heavy atom. The maximum absolute atomic E-state index is 13.8. The maximum Gasteiger partial charge on any atom is 0.268 e. The summed E-state index contributed by atoms with van der Waals surface area (Å²) in [6, 6.07) is 7.43. The summed E-state index contributed by atoms with van der Waals surface area (Å²) in [7, 11) is 0. The van der Waals surface area contributed by atoms with E-state index < -0.39 is 0 Å². The molecule has 1 unspecified atom stereocenters. The van der Waals surface area contributed by atoms with E-state index in [4.69, 9.17) is 21.3 Å². The van der Waals surface area contributed by atoms with Gasteiger partial charge in [-0.25, -0.2) is 9.55 Å². The fourth-order valence-electron chi connectivity index (χ4n) is 4.18. The second-order valence-electron chi connectivity index (χ2n) is 7.66. The molecule has 2 aliphatic rings. The van der Waals surface area contributed by atoms with E-state index in [0.29, 0.717) is 30.1 Å². The summed E-state index contributed by atoms with van der Waals surface area (Å²) in [5.41, 5.74) is 2.04. The van der Waals surface area contributed by atoms with Gasteiger partial charge in [0.2, 0.25) is 5.95 Å². The average molecular weight is 416 g/mol. The van der Waals surface area contributed by atoms with E-state index in [2.05, 4.69) is 11.8 Å². The highest BCUT2D eigenvalue weighted by molar-refractivity contribution is 7.18. The summed E-state index contributed by atoms with van der Waals surface area (Å²) >= 11 is 7.78. The predicted molar refractivity (Wildman–Crippen MR) is 114 cm³/mol. The van der Waals surface area contributed by atoms with E-state index in [1.165, 1.54) is 16.9 Å². The zero-order valence-corrected chi connectivity index (χ0v) is 17.4. The third-order valence-electron chi connectivity index (χ3n) is 5.69. The average Bonchev–Trinajstić information content (AvgIpc) is 3.07. The number of fused-ring (bicyclic) bond motifs is 3. The molecular weight excluding hydrogens is 394 g/mol. The monoisotopic (exact) mass is 415 g/mol. The number of hydrogen-bond acceptors (Lipinski definition) is 5. The molecule has 5 rings (SSSR count). The largest absolute Gasteiger partial charge is 0.378 e. The molecule has 1 atom stereocenters. The molecule has 0 amide bonds. The standard InChI is InChI=1S/C21H22ClN3O2S/c1-13-2-7-17-16(12-13)18-19(28-17)23-21(24-8-10-27-11-9-24)25(20(18)26)15-5-3-14(22)4-6-15/h3-6,13H,2,7-12H2,1H3. The topological polar surface area (TPSA) is 47.4 Å². The van der Waals surface area contributed by atoms with E-state index in [0.717, 1.165) is 41.8 Å². The van der Waals surface area contributed by atoms with Crippen molar-refractivity contribution in [3.8, 4) is 5.69 Å². The molecule has 146 valence electrons. The first kappa shape index (κ1) is 18.2. The number of halogens is 1. The lowest BCUT2D eigenvalue weighted by Gasteiger charge is -2.29. The molecule has 7 heteroatoms. The van der Waals surface area contributed by atoms with Crippen LogP contribution in [0.4, 0.5) is 5.95 Å². The molecule has 1 fully saturated rings. The Morgan fingerprint density at radius 1 is 1.21 bits per heavy atom. The van der Waals surface area contributed by atoms with Gasteiger partial charge in [0, 0.05) is 23.0 Å². The van der Waals surface area contributed by atoms with Crippen molar-refractivity contribution in [2.45, 2.75) is 26.2 Å². The van der Waals surface area contributed by atoms with E-state index >= 15 is 0 Å². The fourth-order valence-corrected chi connectivity index (χ4v) is 5.51. The Kier molecular flexibility index (Phi) is 4.65. The minimum absolute atomic E-state index is 0.0282. The van der Waals surface area contributed by atoms with Gasteiger partial charge in [-0.15, -0.1) is 11.3 Å². The van der Waals surface area contributed by atoms with Crippen molar-refractivity contribution < 1.29 is 4.74 Å². The van der Waals surface area contributed by atoms with Crippen LogP contribution in [-0.4, -0.2) is 35.9 Å². The summed E-state index contributed by atoms with van der Waals surface area (Å²) < 4.78 is 7.27. The first-order valence-electron chi connectivity index (χ1n) is 9.78. The van der Waals surface area contributed by atoms with Crippen LogP contribution in [0.2, 0.25) is 5.02 Å². The van der Waals surface area contributed by atoms with Crippen molar-refractivity contribution in [1.82, 2.24) is 9.55 Å². The molecular formula is C21H22ClN3O2S. The molecule has 1 saturated heterocycles. The van der Waals surface area contributed by atoms with E-state index in [-0.39, 0.29) is 5.56 Å². The van der Waals surface area contributed by atoms with Crippen LogP contribution in [0.5, 0.6) is 0 Å². The number of aryl methyl sites for hydroxylation is 1. The smallest absolute Gasteiger partial charge is 0.268 e. The number of rotatable bonds is 2. The van der Waals surface area contributed by atoms with Crippen molar-refractivity contribution in [3.63, 3.8) is 0 Å². The van der Waals surface area contributed by atoms with Gasteiger partial charge in [-0.3, -0.25) is 4.79 Å². The highest BCUT2D eigenvalue weighted by Gasteiger charge is 2.27. The zero-order valence-electron chi connectivity index (χ0n) is 15.8. The Morgan fingerprint density at radius 2 is 1.96 bits per heavy atom. The van der Waals surface area contributed by atoms with Crippen LogP contribution in [0.1, 0.15) is 23.8 Å². The number of benzene rings is 1. The molecule has 28 heavy (non-hydrogen) atoms. The van der Waals surface area contributed by atoms with E-state index in [9.17, 15) is 4.79 Å². The third kappa shape index (κ3) is 3.04. The van der Waals surface area contributed by atoms with Crippen LogP contribution in [0.15, 0.2) is 29.1 Å². The second kappa shape index (κ2) is 7.17. The van der Waals surface area contributed by atoms with Gasteiger partial charge < -0.3 is 9.64 Å². The third-order valence-corrected chi connectivity index (χ3v) is 7.12. The Hall–Kier alpha value is -1.89. The van der Waals surface area contributed by atoms with Gasteiger partial charge >= 0.3 is 0 Å². The van der Waals surface area contributed by atoms with Gasteiger partial charge in [0.05, 0.1) is 24.3 Å². The molecule has 0 radical (unpaired) electrons. The van der Waals surface area contributed by atoms with Crippen molar-refractivity contribution in [1.29, 1.82) is 0 Å². The molecule has 0 saturated carbocycles. The molecule has 0 bridgehead atoms. The Balaban J connectivity index is 1.78. The number of nitrogens with zero attached hydrogens (tertiary/aromatic N) is 3. The highest BCUT2D eigenvalue weighted by Crippen LogP contribution is 2.37. The second-order valence-corrected chi connectivity index (χ2v) is 9.18. The minimum atomic E-state index is 0.0282. The fraction of sp³-hybridized carbons (Fsp3) is 0.429. The number of thiophene rings is 1. The lowest BCUT2D eigenvalue weighted by atomic mass is 9.89. The zero-order chi connectivity index (χ0) is 19.3. The molecule has 0 spiro atoms. The molecule has 1 aromatic carbocycles. The highest BCUT2D eigenvalue weighted by atomic mass is 35.5. The molecule has 5 nitrogen and oxygen atoms in total. The van der Waals surface area contributed by atoms with Crippen LogP contribution < -0.4 is 10.5 Å². The first-order valence-corrected chi connectivity index (χ1v) is 11.0. The summed E-state index contributed by atoms with van der Waals surface area (Å²) in [6.07, 6.45) is 3.19. The number of aromatic nitrogens is 2. The van der Waals surface area contributed by atoms with Crippen LogP contribution in [-0.2, 0) is 17.6 Å². The van der Waals surface area contributed by atoms with Crippen molar-refractivity contribution in [2.24, 2.45) is 5.92 Å². The van der Waals surface area contributed by atoms with Crippen LogP contribution >= 0.6 is 22.9 Å². The number of morpholine rings is 1. The van der Waals surface area contributed by atoms with Crippen molar-refractivity contribution in [2.75, 3.05) is 31.2 Å². The van der Waals surface area contributed by atoms with E-state index in [1.54, 1.807) is 15.9 Å². The van der Waals surface area contributed by atoms with E-state index in [1.807, 2.05) is 24.3 Å². The molecule has 1 aliphatic carbocycles. The SMILES string of the molecule is CC1CCc2sc3nc(N4CCOCC4)n(-c4ccc(Cl)cc4)c(=O)c3c2C1. The van der Waals surface area contributed by atoms with Gasteiger partial charge in [-0.05, 0) is 55.0 Å². The lowest BCUT2D eigenvalue weighted by Crippen LogP contribution is -2.40. The van der Waals surface area contributed by atoms with Crippen molar-refractivity contribution >= 4 is 39.1 Å². The van der Waals surface area contributed by atoms with Gasteiger partial charge in [-0.2, -0.15) is 0 Å². The first-order chi connectivity index (χ1) is 13.6. The van der Waals surface area contributed by atoms with Crippen LogP contribution in [0.25, 0.3) is 15.9 Å². The number of anilines is 1.